The standard InChI is InChI=1S/C11H16N2O4S2/c1-8-6-18-10(15)13(8)5-9(14)12-11(2)3-4-19(16,17)7-11/h6H,3-5,7H2,1-2H3,(H,12,14). The normalized spacial score (nSPS) is 25.4. The third-order valence-electron chi connectivity index (χ3n) is 3.22. The van der Waals surface area contributed by atoms with Crippen molar-refractivity contribution in [2.24, 2.45) is 0 Å². The molecule has 1 saturated heterocycles. The first-order valence-electron chi connectivity index (χ1n) is 5.87. The van der Waals surface area contributed by atoms with Crippen molar-refractivity contribution in [3.8, 4) is 0 Å². The number of rotatable bonds is 3. The van der Waals surface area contributed by atoms with E-state index in [0.717, 1.165) is 17.0 Å². The van der Waals surface area contributed by atoms with Gasteiger partial charge in [0, 0.05) is 11.1 Å². The van der Waals surface area contributed by atoms with E-state index in [1.807, 2.05) is 0 Å². The number of carbonyl (C=O) groups excluding carboxylic acids is 1. The van der Waals surface area contributed by atoms with E-state index in [1.165, 1.54) is 4.57 Å². The zero-order valence-corrected chi connectivity index (χ0v) is 12.4. The summed E-state index contributed by atoms with van der Waals surface area (Å²) in [6.07, 6.45) is 0.415. The average Bonchev–Trinajstić information content (AvgIpc) is 2.71. The molecule has 1 N–H and O–H groups in total. The van der Waals surface area contributed by atoms with Crippen molar-refractivity contribution in [2.45, 2.75) is 32.4 Å². The SMILES string of the molecule is Cc1csc(=O)n1CC(=O)NC1(C)CCS(=O)(=O)C1. The molecule has 1 aliphatic heterocycles. The molecule has 1 aliphatic rings. The van der Waals surface area contributed by atoms with E-state index in [9.17, 15) is 18.0 Å². The number of sulfone groups is 1. The van der Waals surface area contributed by atoms with Gasteiger partial charge in [-0.05, 0) is 20.3 Å². The lowest BCUT2D eigenvalue weighted by molar-refractivity contribution is -0.123. The zero-order chi connectivity index (χ0) is 14.3. The van der Waals surface area contributed by atoms with Gasteiger partial charge in [0.1, 0.15) is 6.54 Å². The molecule has 8 heteroatoms. The topological polar surface area (TPSA) is 85.2 Å². The third kappa shape index (κ3) is 3.24. The average molecular weight is 304 g/mol. The molecule has 1 amide bonds. The Kier molecular flexibility index (Phi) is 3.57. The van der Waals surface area contributed by atoms with Gasteiger partial charge >= 0.3 is 4.87 Å². The van der Waals surface area contributed by atoms with Crippen LogP contribution in [0, 0.1) is 6.92 Å². The summed E-state index contributed by atoms with van der Waals surface area (Å²) in [5.41, 5.74) is 0.0121. The van der Waals surface area contributed by atoms with Crippen molar-refractivity contribution in [3.63, 3.8) is 0 Å². The minimum absolute atomic E-state index is 0.0384. The second kappa shape index (κ2) is 4.75. The lowest BCUT2D eigenvalue weighted by atomic mass is 10.0. The molecule has 6 nitrogen and oxygen atoms in total. The Labute approximate surface area is 115 Å². The fraction of sp³-hybridized carbons (Fsp3) is 0.636. The molecule has 0 bridgehead atoms. The highest BCUT2D eigenvalue weighted by molar-refractivity contribution is 7.91. The highest BCUT2D eigenvalue weighted by Crippen LogP contribution is 2.22. The van der Waals surface area contributed by atoms with Crippen molar-refractivity contribution in [1.82, 2.24) is 9.88 Å². The molecule has 0 radical (unpaired) electrons. The highest BCUT2D eigenvalue weighted by Gasteiger charge is 2.39. The van der Waals surface area contributed by atoms with Gasteiger partial charge < -0.3 is 5.32 Å². The summed E-state index contributed by atoms with van der Waals surface area (Å²) in [5.74, 6) is -0.270. The number of hydrogen-bond acceptors (Lipinski definition) is 5. The van der Waals surface area contributed by atoms with Crippen molar-refractivity contribution in [2.75, 3.05) is 11.5 Å². The number of hydrogen-bond donors (Lipinski definition) is 1. The van der Waals surface area contributed by atoms with Crippen LogP contribution in [0.1, 0.15) is 19.0 Å². The number of amides is 1. The minimum Gasteiger partial charge on any atom is -0.348 e. The number of aromatic nitrogens is 1. The molecular weight excluding hydrogens is 288 g/mol. The van der Waals surface area contributed by atoms with Crippen molar-refractivity contribution < 1.29 is 13.2 Å². The van der Waals surface area contributed by atoms with Crippen LogP contribution in [0.2, 0.25) is 0 Å². The van der Waals surface area contributed by atoms with Gasteiger partial charge in [0.15, 0.2) is 9.84 Å². The third-order valence-corrected chi connectivity index (χ3v) is 6.01. The molecule has 1 aromatic heterocycles. The molecule has 0 spiro atoms. The quantitative estimate of drug-likeness (QED) is 0.846. The maximum absolute atomic E-state index is 11.9. The second-order valence-corrected chi connectivity index (χ2v) is 8.18. The molecule has 0 saturated carbocycles. The Morgan fingerprint density at radius 3 is 2.74 bits per heavy atom. The molecule has 2 heterocycles. The van der Waals surface area contributed by atoms with Gasteiger partial charge in [-0.1, -0.05) is 11.3 Å². The molecule has 0 aliphatic carbocycles. The van der Waals surface area contributed by atoms with Gasteiger partial charge in [0.2, 0.25) is 5.91 Å². The predicted octanol–water partition coefficient (Wildman–Crippen LogP) is -0.0884. The van der Waals surface area contributed by atoms with E-state index < -0.39 is 15.4 Å². The van der Waals surface area contributed by atoms with Gasteiger partial charge in [-0.25, -0.2) is 8.42 Å². The lowest BCUT2D eigenvalue weighted by Crippen LogP contribution is -2.48. The van der Waals surface area contributed by atoms with Gasteiger partial charge in [0.25, 0.3) is 0 Å². The lowest BCUT2D eigenvalue weighted by Gasteiger charge is -2.24. The van der Waals surface area contributed by atoms with Crippen LogP contribution in [0.3, 0.4) is 0 Å². The predicted molar refractivity (Wildman–Crippen MR) is 73.1 cm³/mol. The van der Waals surface area contributed by atoms with Gasteiger partial charge in [-0.3, -0.25) is 14.2 Å². The Bertz CT molecular complexity index is 658. The number of nitrogens with one attached hydrogen (secondary N) is 1. The molecule has 0 aromatic carbocycles. The fourth-order valence-corrected chi connectivity index (χ4v) is 5.05. The van der Waals surface area contributed by atoms with E-state index in [-0.39, 0.29) is 28.8 Å². The number of thiazole rings is 1. The fourth-order valence-electron chi connectivity index (χ4n) is 2.22. The van der Waals surface area contributed by atoms with Crippen LogP contribution < -0.4 is 10.2 Å². The smallest absolute Gasteiger partial charge is 0.307 e. The first kappa shape index (κ1) is 14.3. The summed E-state index contributed by atoms with van der Waals surface area (Å²) in [4.78, 5) is 23.2. The van der Waals surface area contributed by atoms with Gasteiger partial charge in [-0.15, -0.1) is 0 Å². The van der Waals surface area contributed by atoms with E-state index >= 15 is 0 Å². The van der Waals surface area contributed by atoms with Crippen LogP contribution in [0.4, 0.5) is 0 Å². The summed E-state index contributed by atoms with van der Waals surface area (Å²) in [7, 11) is -3.06. The molecule has 106 valence electrons. The molecule has 2 rings (SSSR count). The number of aryl methyl sites for hydroxylation is 1. The van der Waals surface area contributed by atoms with Crippen molar-refractivity contribution in [1.29, 1.82) is 0 Å². The molecule has 1 unspecified atom stereocenters. The van der Waals surface area contributed by atoms with Crippen LogP contribution in [-0.2, 0) is 21.2 Å². The molecule has 1 fully saturated rings. The van der Waals surface area contributed by atoms with Crippen LogP contribution in [0.15, 0.2) is 10.2 Å². The Balaban J connectivity index is 2.05. The van der Waals surface area contributed by atoms with E-state index in [1.54, 1.807) is 19.2 Å². The Morgan fingerprint density at radius 1 is 1.58 bits per heavy atom. The molecular formula is C11H16N2O4S2. The number of nitrogens with zero attached hydrogens (tertiary/aromatic N) is 1. The number of carbonyl (C=O) groups is 1. The van der Waals surface area contributed by atoms with Crippen LogP contribution >= 0.6 is 11.3 Å². The highest BCUT2D eigenvalue weighted by atomic mass is 32.2. The van der Waals surface area contributed by atoms with E-state index in [4.69, 9.17) is 0 Å². The van der Waals surface area contributed by atoms with Gasteiger partial charge in [0.05, 0.1) is 17.0 Å². The molecule has 1 aromatic rings. The monoisotopic (exact) mass is 304 g/mol. The van der Waals surface area contributed by atoms with Crippen LogP contribution in [0.5, 0.6) is 0 Å². The maximum Gasteiger partial charge on any atom is 0.307 e. The summed E-state index contributed by atoms with van der Waals surface area (Å²) in [5, 5.41) is 4.42. The van der Waals surface area contributed by atoms with Crippen molar-refractivity contribution >= 4 is 27.1 Å². The minimum atomic E-state index is -3.06. The molecule has 19 heavy (non-hydrogen) atoms. The van der Waals surface area contributed by atoms with Crippen molar-refractivity contribution in [3.05, 3.63) is 20.7 Å². The Hall–Kier alpha value is -1.15. The summed E-state index contributed by atoms with van der Waals surface area (Å²) >= 11 is 1.05. The molecule has 1 atom stereocenters. The van der Waals surface area contributed by atoms with Gasteiger partial charge in [-0.2, -0.15) is 0 Å². The van der Waals surface area contributed by atoms with Crippen LogP contribution in [-0.4, -0.2) is 35.9 Å². The summed E-state index contributed by atoms with van der Waals surface area (Å²) in [6, 6.07) is 0. The summed E-state index contributed by atoms with van der Waals surface area (Å²) in [6.45, 7) is 3.41. The first-order valence-corrected chi connectivity index (χ1v) is 8.57. The first-order chi connectivity index (χ1) is 8.71. The zero-order valence-electron chi connectivity index (χ0n) is 10.8. The maximum atomic E-state index is 11.9. The summed E-state index contributed by atoms with van der Waals surface area (Å²) < 4.78 is 24.3. The van der Waals surface area contributed by atoms with Crippen LogP contribution in [0.25, 0.3) is 0 Å². The Morgan fingerprint density at radius 2 is 2.26 bits per heavy atom. The van der Waals surface area contributed by atoms with E-state index in [2.05, 4.69) is 5.32 Å². The second-order valence-electron chi connectivity index (χ2n) is 5.18. The van der Waals surface area contributed by atoms with E-state index in [0.29, 0.717) is 6.42 Å². The largest absolute Gasteiger partial charge is 0.348 e.